The number of hydrogen-bond acceptors (Lipinski definition) is 6. The summed E-state index contributed by atoms with van der Waals surface area (Å²) in [4.78, 5) is 4.43. The quantitative estimate of drug-likeness (QED) is 0.757. The lowest BCUT2D eigenvalue weighted by Crippen LogP contribution is -2.22. The molecule has 26 heavy (non-hydrogen) atoms. The van der Waals surface area contributed by atoms with Gasteiger partial charge in [0.15, 0.2) is 0 Å². The Kier molecular flexibility index (Phi) is 4.50. The molecule has 3 aromatic rings. The molecular formula is C18H21FN6O. The monoisotopic (exact) mass is 356 g/mol. The summed E-state index contributed by atoms with van der Waals surface area (Å²) in [5.74, 6) is 2.69. The average Bonchev–Trinajstić information content (AvgIpc) is 3.29. The summed E-state index contributed by atoms with van der Waals surface area (Å²) in [7, 11) is 0. The van der Waals surface area contributed by atoms with Crippen molar-refractivity contribution in [1.29, 1.82) is 0 Å². The van der Waals surface area contributed by atoms with Gasteiger partial charge < -0.3 is 9.09 Å². The first kappa shape index (κ1) is 16.8. The highest BCUT2D eigenvalue weighted by molar-refractivity contribution is 5.55. The Bertz CT molecular complexity index is 918. The van der Waals surface area contributed by atoms with Crippen molar-refractivity contribution in [2.45, 2.75) is 52.2 Å². The van der Waals surface area contributed by atoms with Gasteiger partial charge in [-0.15, -0.1) is 10.2 Å². The maximum Gasteiger partial charge on any atom is 0.243 e. The number of hydrogen-bond donors (Lipinski definition) is 1. The van der Waals surface area contributed by atoms with Crippen molar-refractivity contribution in [3.05, 3.63) is 47.1 Å². The van der Waals surface area contributed by atoms with Crippen molar-refractivity contribution in [3.8, 4) is 11.4 Å². The van der Waals surface area contributed by atoms with E-state index in [0.29, 0.717) is 23.8 Å². The van der Waals surface area contributed by atoms with Gasteiger partial charge in [0.25, 0.3) is 0 Å². The molecule has 1 aromatic carbocycles. The molecular weight excluding hydrogens is 335 g/mol. The van der Waals surface area contributed by atoms with Crippen LogP contribution in [0, 0.1) is 12.7 Å². The van der Waals surface area contributed by atoms with Crippen molar-refractivity contribution in [2.75, 3.05) is 0 Å². The van der Waals surface area contributed by atoms with E-state index in [2.05, 4.69) is 30.2 Å². The van der Waals surface area contributed by atoms with Crippen LogP contribution in [0.3, 0.4) is 0 Å². The van der Waals surface area contributed by atoms with Crippen LogP contribution in [0.1, 0.15) is 48.9 Å². The van der Waals surface area contributed by atoms with E-state index in [-0.39, 0.29) is 11.9 Å². The predicted octanol–water partition coefficient (Wildman–Crippen LogP) is 2.96. The minimum absolute atomic E-state index is 0.130. The molecule has 0 spiro atoms. The Labute approximate surface area is 150 Å². The molecule has 0 bridgehead atoms. The van der Waals surface area contributed by atoms with Crippen LogP contribution in [0.15, 0.2) is 22.7 Å². The minimum Gasteiger partial charge on any atom is -0.337 e. The molecule has 1 N–H and O–H groups in total. The molecule has 0 fully saturated rings. The largest absolute Gasteiger partial charge is 0.337 e. The number of nitrogens with zero attached hydrogens (tertiary/aromatic N) is 5. The van der Waals surface area contributed by atoms with Gasteiger partial charge in [-0.3, -0.25) is 5.32 Å². The zero-order valence-electron chi connectivity index (χ0n) is 14.9. The number of fused-ring (bicyclic) bond motifs is 1. The highest BCUT2D eigenvalue weighted by Gasteiger charge is 2.19. The van der Waals surface area contributed by atoms with E-state index in [0.717, 1.165) is 36.6 Å². The molecule has 1 unspecified atom stereocenters. The summed E-state index contributed by atoms with van der Waals surface area (Å²) in [6.07, 6.45) is 3.33. The molecule has 0 aliphatic carbocycles. The zero-order chi connectivity index (χ0) is 18.1. The van der Waals surface area contributed by atoms with E-state index in [4.69, 9.17) is 4.52 Å². The molecule has 0 radical (unpaired) electrons. The fraction of sp³-hybridized carbons (Fsp3) is 0.444. The van der Waals surface area contributed by atoms with E-state index >= 15 is 0 Å². The van der Waals surface area contributed by atoms with E-state index in [9.17, 15) is 4.39 Å². The molecule has 2 aromatic heterocycles. The second-order valence-corrected chi connectivity index (χ2v) is 6.66. The Balaban J connectivity index is 1.44. The Morgan fingerprint density at radius 1 is 1.31 bits per heavy atom. The van der Waals surface area contributed by atoms with Gasteiger partial charge in [0.1, 0.15) is 17.5 Å². The summed E-state index contributed by atoms with van der Waals surface area (Å²) in [5, 5.41) is 15.9. The molecule has 4 rings (SSSR count). The molecule has 7 nitrogen and oxygen atoms in total. The van der Waals surface area contributed by atoms with Gasteiger partial charge >= 0.3 is 0 Å². The fourth-order valence-corrected chi connectivity index (χ4v) is 3.14. The van der Waals surface area contributed by atoms with Crippen LogP contribution in [-0.4, -0.2) is 24.9 Å². The zero-order valence-corrected chi connectivity index (χ0v) is 14.9. The lowest BCUT2D eigenvalue weighted by molar-refractivity contribution is 0.336. The lowest BCUT2D eigenvalue weighted by atomic mass is 10.1. The molecule has 1 aliphatic rings. The normalized spacial score (nSPS) is 15.0. The van der Waals surface area contributed by atoms with Crippen LogP contribution in [0.2, 0.25) is 0 Å². The molecule has 1 aliphatic heterocycles. The van der Waals surface area contributed by atoms with Crippen molar-refractivity contribution in [1.82, 2.24) is 30.2 Å². The topological polar surface area (TPSA) is 81.7 Å². The van der Waals surface area contributed by atoms with Crippen molar-refractivity contribution < 1.29 is 8.91 Å². The number of aryl methyl sites for hydroxylation is 2. The van der Waals surface area contributed by atoms with E-state index in [1.54, 1.807) is 19.1 Å². The third-order valence-electron chi connectivity index (χ3n) is 4.73. The first-order valence-electron chi connectivity index (χ1n) is 8.86. The Hall–Kier alpha value is -2.61. The van der Waals surface area contributed by atoms with Crippen LogP contribution >= 0.6 is 0 Å². The molecule has 0 saturated heterocycles. The summed E-state index contributed by atoms with van der Waals surface area (Å²) in [6.45, 7) is 5.23. The smallest absolute Gasteiger partial charge is 0.243 e. The van der Waals surface area contributed by atoms with E-state index in [1.807, 2.05) is 6.92 Å². The summed E-state index contributed by atoms with van der Waals surface area (Å²) in [6, 6.07) is 4.65. The van der Waals surface area contributed by atoms with E-state index < -0.39 is 0 Å². The van der Waals surface area contributed by atoms with Gasteiger partial charge in [0.05, 0.1) is 12.6 Å². The third-order valence-corrected chi connectivity index (χ3v) is 4.73. The van der Waals surface area contributed by atoms with Crippen LogP contribution in [-0.2, 0) is 19.5 Å². The number of halogens is 1. The molecule has 3 heterocycles. The molecule has 8 heteroatoms. The summed E-state index contributed by atoms with van der Waals surface area (Å²) in [5.41, 5.74) is 1.29. The average molecular weight is 356 g/mol. The van der Waals surface area contributed by atoms with Crippen LogP contribution in [0.5, 0.6) is 0 Å². The van der Waals surface area contributed by atoms with Crippen LogP contribution < -0.4 is 5.32 Å². The van der Waals surface area contributed by atoms with Gasteiger partial charge in [-0.25, -0.2) is 4.39 Å². The SMILES string of the molecule is Cc1cc(-c2noc(C(C)NCc3nnc4n3CCCC4)n2)ccc1F. The second kappa shape index (κ2) is 6.95. The number of aromatic nitrogens is 5. The number of benzene rings is 1. The molecule has 136 valence electrons. The van der Waals surface area contributed by atoms with Crippen molar-refractivity contribution in [3.63, 3.8) is 0 Å². The predicted molar refractivity (Wildman–Crippen MR) is 92.6 cm³/mol. The second-order valence-electron chi connectivity index (χ2n) is 6.66. The molecule has 0 saturated carbocycles. The Morgan fingerprint density at radius 2 is 2.19 bits per heavy atom. The van der Waals surface area contributed by atoms with Gasteiger partial charge in [0, 0.05) is 18.5 Å². The summed E-state index contributed by atoms with van der Waals surface area (Å²) < 4.78 is 21.0. The van der Waals surface area contributed by atoms with E-state index in [1.165, 1.54) is 12.5 Å². The fourth-order valence-electron chi connectivity index (χ4n) is 3.14. The first-order chi connectivity index (χ1) is 12.6. The van der Waals surface area contributed by atoms with Gasteiger partial charge in [-0.05, 0) is 50.5 Å². The Morgan fingerprint density at radius 3 is 3.04 bits per heavy atom. The van der Waals surface area contributed by atoms with Gasteiger partial charge in [0.2, 0.25) is 11.7 Å². The molecule has 0 amide bonds. The van der Waals surface area contributed by atoms with Gasteiger partial charge in [-0.2, -0.15) is 4.98 Å². The lowest BCUT2D eigenvalue weighted by Gasteiger charge is -2.15. The van der Waals surface area contributed by atoms with Crippen molar-refractivity contribution in [2.24, 2.45) is 0 Å². The summed E-state index contributed by atoms with van der Waals surface area (Å²) >= 11 is 0. The molecule has 1 atom stereocenters. The van der Waals surface area contributed by atoms with Crippen LogP contribution in [0.4, 0.5) is 4.39 Å². The third kappa shape index (κ3) is 3.24. The first-order valence-corrected chi connectivity index (χ1v) is 8.86. The highest BCUT2D eigenvalue weighted by atomic mass is 19.1. The maximum atomic E-state index is 13.4. The minimum atomic E-state index is -0.246. The number of nitrogens with one attached hydrogen (secondary N) is 1. The van der Waals surface area contributed by atoms with Crippen molar-refractivity contribution >= 4 is 0 Å². The standard InChI is InChI=1S/C18H21FN6O/c1-11-9-13(6-7-14(11)19)17-21-18(26-24-17)12(2)20-10-16-23-22-15-5-3-4-8-25(15)16/h6-7,9,12,20H,3-5,8,10H2,1-2H3. The number of rotatable bonds is 5. The van der Waals surface area contributed by atoms with Gasteiger partial charge in [-0.1, -0.05) is 5.16 Å². The van der Waals surface area contributed by atoms with Crippen LogP contribution in [0.25, 0.3) is 11.4 Å². The highest BCUT2D eigenvalue weighted by Crippen LogP contribution is 2.21. The maximum absolute atomic E-state index is 13.4.